The Kier molecular flexibility index (Phi) is 3.85. The van der Waals surface area contributed by atoms with E-state index in [0.717, 1.165) is 11.1 Å². The van der Waals surface area contributed by atoms with E-state index in [1.807, 2.05) is 13.0 Å². The molecule has 3 nitrogen and oxygen atoms in total. The van der Waals surface area contributed by atoms with Crippen LogP contribution in [0.4, 0.5) is 4.39 Å². The van der Waals surface area contributed by atoms with Crippen molar-refractivity contribution in [3.63, 3.8) is 0 Å². The van der Waals surface area contributed by atoms with Gasteiger partial charge in [-0.2, -0.15) is 5.48 Å². The standard InChI is InChI=1S/C10H14FNO2/c1-7-4-8(6-12-14-3)10(13-2)9(11)5-7/h4-5,12H,6H2,1-3H3. The molecule has 1 aromatic carbocycles. The van der Waals surface area contributed by atoms with Crippen molar-refractivity contribution >= 4 is 0 Å². The van der Waals surface area contributed by atoms with Gasteiger partial charge in [0.15, 0.2) is 11.6 Å². The predicted octanol–water partition coefficient (Wildman–Crippen LogP) is 1.79. The number of hydrogen-bond donors (Lipinski definition) is 1. The summed E-state index contributed by atoms with van der Waals surface area (Å²) in [7, 11) is 2.96. The molecule has 0 atom stereocenters. The Morgan fingerprint density at radius 2 is 2.07 bits per heavy atom. The number of halogens is 1. The monoisotopic (exact) mass is 199 g/mol. The van der Waals surface area contributed by atoms with E-state index in [0.29, 0.717) is 6.54 Å². The van der Waals surface area contributed by atoms with E-state index in [2.05, 4.69) is 5.48 Å². The van der Waals surface area contributed by atoms with Crippen molar-refractivity contribution in [2.75, 3.05) is 14.2 Å². The van der Waals surface area contributed by atoms with Crippen molar-refractivity contribution in [2.45, 2.75) is 13.5 Å². The smallest absolute Gasteiger partial charge is 0.165 e. The Labute approximate surface area is 82.8 Å². The molecule has 0 saturated carbocycles. The lowest BCUT2D eigenvalue weighted by molar-refractivity contribution is 0.0860. The van der Waals surface area contributed by atoms with Crippen molar-refractivity contribution in [1.29, 1.82) is 0 Å². The molecule has 0 saturated heterocycles. The first-order chi connectivity index (χ1) is 6.69. The van der Waals surface area contributed by atoms with Crippen LogP contribution in [-0.2, 0) is 11.4 Å². The lowest BCUT2D eigenvalue weighted by atomic mass is 10.1. The second kappa shape index (κ2) is 4.93. The Morgan fingerprint density at radius 1 is 1.36 bits per heavy atom. The molecular formula is C10H14FNO2. The number of aryl methyl sites for hydroxylation is 1. The van der Waals surface area contributed by atoms with Gasteiger partial charge in [0.1, 0.15) is 0 Å². The number of hydroxylamine groups is 1. The van der Waals surface area contributed by atoms with Crippen LogP contribution in [0.3, 0.4) is 0 Å². The topological polar surface area (TPSA) is 30.5 Å². The van der Waals surface area contributed by atoms with Crippen LogP contribution in [0.2, 0.25) is 0 Å². The highest BCUT2D eigenvalue weighted by Crippen LogP contribution is 2.23. The van der Waals surface area contributed by atoms with Crippen LogP contribution in [0.15, 0.2) is 12.1 Å². The third-order valence-electron chi connectivity index (χ3n) is 1.88. The number of ether oxygens (including phenoxy) is 1. The van der Waals surface area contributed by atoms with Crippen LogP contribution in [0, 0.1) is 12.7 Å². The SMILES string of the molecule is CONCc1cc(C)cc(F)c1OC. The van der Waals surface area contributed by atoms with E-state index < -0.39 is 0 Å². The van der Waals surface area contributed by atoms with E-state index >= 15 is 0 Å². The highest BCUT2D eigenvalue weighted by atomic mass is 19.1. The number of benzene rings is 1. The summed E-state index contributed by atoms with van der Waals surface area (Å²) >= 11 is 0. The molecule has 0 aromatic heterocycles. The summed E-state index contributed by atoms with van der Waals surface area (Å²) in [6, 6.07) is 3.29. The minimum atomic E-state index is -0.347. The average Bonchev–Trinajstić information content (AvgIpc) is 2.14. The molecule has 4 heteroatoms. The van der Waals surface area contributed by atoms with Crippen LogP contribution in [0.25, 0.3) is 0 Å². The van der Waals surface area contributed by atoms with Crippen molar-refractivity contribution in [3.8, 4) is 5.75 Å². The summed E-state index contributed by atoms with van der Waals surface area (Å²) in [5, 5.41) is 0. The highest BCUT2D eigenvalue weighted by molar-refractivity contribution is 5.38. The summed E-state index contributed by atoms with van der Waals surface area (Å²) in [5.41, 5.74) is 4.25. The van der Waals surface area contributed by atoms with Crippen LogP contribution < -0.4 is 10.2 Å². The molecule has 0 heterocycles. The highest BCUT2D eigenvalue weighted by Gasteiger charge is 2.09. The summed E-state index contributed by atoms with van der Waals surface area (Å²) in [5.74, 6) is -0.0828. The zero-order valence-corrected chi connectivity index (χ0v) is 8.56. The third-order valence-corrected chi connectivity index (χ3v) is 1.88. The zero-order valence-electron chi connectivity index (χ0n) is 8.56. The van der Waals surface area contributed by atoms with Crippen LogP contribution >= 0.6 is 0 Å². The first kappa shape index (κ1) is 10.9. The van der Waals surface area contributed by atoms with Crippen LogP contribution in [-0.4, -0.2) is 14.2 Å². The molecule has 0 unspecified atom stereocenters. The molecule has 0 aliphatic heterocycles. The number of methoxy groups -OCH3 is 1. The first-order valence-electron chi connectivity index (χ1n) is 4.28. The van der Waals surface area contributed by atoms with Gasteiger partial charge in [-0.25, -0.2) is 4.39 Å². The van der Waals surface area contributed by atoms with Gasteiger partial charge in [0.2, 0.25) is 0 Å². The molecule has 0 aliphatic rings. The molecule has 0 spiro atoms. The lowest BCUT2D eigenvalue weighted by Gasteiger charge is -2.10. The van der Waals surface area contributed by atoms with Gasteiger partial charge in [-0.3, -0.25) is 0 Å². The quantitative estimate of drug-likeness (QED) is 0.750. The molecule has 0 aliphatic carbocycles. The van der Waals surface area contributed by atoms with Gasteiger partial charge >= 0.3 is 0 Å². The van der Waals surface area contributed by atoms with Crippen LogP contribution in [0.5, 0.6) is 5.75 Å². The Morgan fingerprint density at radius 3 is 2.64 bits per heavy atom. The molecule has 0 radical (unpaired) electrons. The third kappa shape index (κ3) is 2.43. The van der Waals surface area contributed by atoms with Gasteiger partial charge in [-0.15, -0.1) is 0 Å². The summed E-state index contributed by atoms with van der Waals surface area (Å²) in [6.07, 6.45) is 0. The molecule has 1 rings (SSSR count). The minimum absolute atomic E-state index is 0.264. The molecule has 0 fully saturated rings. The minimum Gasteiger partial charge on any atom is -0.493 e. The molecule has 1 N–H and O–H groups in total. The van der Waals surface area contributed by atoms with Gasteiger partial charge in [-0.05, 0) is 18.6 Å². The van der Waals surface area contributed by atoms with Gasteiger partial charge in [0.05, 0.1) is 14.2 Å². The molecule has 78 valence electrons. The van der Waals surface area contributed by atoms with E-state index in [-0.39, 0.29) is 11.6 Å². The predicted molar refractivity (Wildman–Crippen MR) is 51.5 cm³/mol. The van der Waals surface area contributed by atoms with Crippen molar-refractivity contribution in [2.24, 2.45) is 0 Å². The molecule has 14 heavy (non-hydrogen) atoms. The average molecular weight is 199 g/mol. The van der Waals surface area contributed by atoms with E-state index in [1.165, 1.54) is 20.3 Å². The van der Waals surface area contributed by atoms with E-state index in [1.54, 1.807) is 0 Å². The first-order valence-corrected chi connectivity index (χ1v) is 4.28. The van der Waals surface area contributed by atoms with Gasteiger partial charge < -0.3 is 9.57 Å². The fourth-order valence-corrected chi connectivity index (χ4v) is 1.31. The number of rotatable bonds is 4. The van der Waals surface area contributed by atoms with Crippen LogP contribution in [0.1, 0.15) is 11.1 Å². The summed E-state index contributed by atoms with van der Waals surface area (Å²) in [4.78, 5) is 4.70. The van der Waals surface area contributed by atoms with Gasteiger partial charge in [-0.1, -0.05) is 6.07 Å². The molecule has 0 amide bonds. The molecule has 1 aromatic rings. The number of nitrogens with one attached hydrogen (secondary N) is 1. The van der Waals surface area contributed by atoms with Gasteiger partial charge in [0, 0.05) is 12.1 Å². The van der Waals surface area contributed by atoms with Gasteiger partial charge in [0.25, 0.3) is 0 Å². The van der Waals surface area contributed by atoms with Crippen molar-refractivity contribution in [3.05, 3.63) is 29.1 Å². The van der Waals surface area contributed by atoms with Crippen molar-refractivity contribution < 1.29 is 14.0 Å². The zero-order chi connectivity index (χ0) is 10.6. The fourth-order valence-electron chi connectivity index (χ4n) is 1.31. The summed E-state index contributed by atoms with van der Waals surface area (Å²) < 4.78 is 18.3. The van der Waals surface area contributed by atoms with E-state index in [9.17, 15) is 4.39 Å². The molecular weight excluding hydrogens is 185 g/mol. The van der Waals surface area contributed by atoms with E-state index in [4.69, 9.17) is 9.57 Å². The Balaban J connectivity index is 2.99. The maximum Gasteiger partial charge on any atom is 0.165 e. The Hall–Kier alpha value is -1.13. The second-order valence-corrected chi connectivity index (χ2v) is 2.96. The lowest BCUT2D eigenvalue weighted by Crippen LogP contribution is -2.12. The maximum absolute atomic E-state index is 13.3. The Bertz CT molecular complexity index is 315. The normalized spacial score (nSPS) is 10.3. The second-order valence-electron chi connectivity index (χ2n) is 2.96. The molecule has 0 bridgehead atoms. The van der Waals surface area contributed by atoms with Crippen molar-refractivity contribution in [1.82, 2.24) is 5.48 Å². The summed E-state index contributed by atoms with van der Waals surface area (Å²) in [6.45, 7) is 2.25. The number of hydrogen-bond acceptors (Lipinski definition) is 3. The maximum atomic E-state index is 13.3. The largest absolute Gasteiger partial charge is 0.493 e. The fraction of sp³-hybridized carbons (Fsp3) is 0.400.